The van der Waals surface area contributed by atoms with Gasteiger partial charge in [0.1, 0.15) is 0 Å². The first kappa shape index (κ1) is 15.2. The molecule has 120 valence electrons. The number of hydrogen-bond acceptors (Lipinski definition) is 5. The van der Waals surface area contributed by atoms with Crippen molar-refractivity contribution in [1.82, 2.24) is 15.5 Å². The van der Waals surface area contributed by atoms with E-state index in [1.807, 2.05) is 19.1 Å². The summed E-state index contributed by atoms with van der Waals surface area (Å²) in [7, 11) is 0. The van der Waals surface area contributed by atoms with E-state index in [0.717, 1.165) is 56.9 Å². The first-order chi connectivity index (χ1) is 10.7. The second-order valence-electron chi connectivity index (χ2n) is 6.20. The molecule has 22 heavy (non-hydrogen) atoms. The summed E-state index contributed by atoms with van der Waals surface area (Å²) >= 11 is 0. The monoisotopic (exact) mass is 304 g/mol. The number of carbonyl (C=O) groups is 1. The second-order valence-corrected chi connectivity index (χ2v) is 6.20. The first-order valence-electron chi connectivity index (χ1n) is 8.17. The Morgan fingerprint density at radius 3 is 3.00 bits per heavy atom. The van der Waals surface area contributed by atoms with Gasteiger partial charge >= 0.3 is 0 Å². The van der Waals surface area contributed by atoms with Crippen LogP contribution in [0.25, 0.3) is 0 Å². The van der Waals surface area contributed by atoms with Gasteiger partial charge < -0.3 is 15.0 Å². The number of nitrogens with one attached hydrogen (secondary N) is 1. The maximum absolute atomic E-state index is 12.4. The van der Waals surface area contributed by atoms with Crippen LogP contribution < -0.4 is 10.2 Å². The van der Waals surface area contributed by atoms with Crippen molar-refractivity contribution < 1.29 is 9.53 Å². The number of carbonyl (C=O) groups excluding carboxylic acids is 1. The maximum Gasteiger partial charge on any atom is 0.224 e. The molecule has 2 aliphatic heterocycles. The van der Waals surface area contributed by atoms with Gasteiger partial charge in [-0.1, -0.05) is 0 Å². The molecule has 2 aliphatic rings. The molecule has 2 unspecified atom stereocenters. The molecular weight excluding hydrogens is 280 g/mol. The number of aryl methyl sites for hydroxylation is 1. The number of hydrogen-bond donors (Lipinski definition) is 1. The molecular formula is C16H24N4O2. The zero-order valence-corrected chi connectivity index (χ0v) is 13.1. The van der Waals surface area contributed by atoms with E-state index >= 15 is 0 Å². The van der Waals surface area contributed by atoms with E-state index in [0.29, 0.717) is 6.54 Å². The van der Waals surface area contributed by atoms with Crippen molar-refractivity contribution >= 4 is 11.7 Å². The van der Waals surface area contributed by atoms with E-state index in [1.165, 1.54) is 0 Å². The summed E-state index contributed by atoms with van der Waals surface area (Å²) in [6.45, 7) is 5.04. The molecule has 0 radical (unpaired) electrons. The highest BCUT2D eigenvalue weighted by Crippen LogP contribution is 2.21. The molecule has 3 rings (SSSR count). The minimum absolute atomic E-state index is 0.0262. The number of aromatic nitrogens is 2. The predicted octanol–water partition coefficient (Wildman–Crippen LogP) is 1.30. The highest BCUT2D eigenvalue weighted by Gasteiger charge is 2.27. The quantitative estimate of drug-likeness (QED) is 0.908. The molecule has 0 spiro atoms. The predicted molar refractivity (Wildman–Crippen MR) is 83.7 cm³/mol. The standard InChI is InChI=1S/C16H24N4O2/c1-12-6-7-15(19-18-12)20-8-2-4-13(11-20)16(21)17-10-14-5-3-9-22-14/h6-7,13-14H,2-5,8-11H2,1H3,(H,17,21). The minimum Gasteiger partial charge on any atom is -0.376 e. The number of rotatable bonds is 4. The number of nitrogens with zero attached hydrogens (tertiary/aromatic N) is 3. The summed E-state index contributed by atoms with van der Waals surface area (Å²) < 4.78 is 5.55. The lowest BCUT2D eigenvalue weighted by Crippen LogP contribution is -2.45. The van der Waals surface area contributed by atoms with E-state index < -0.39 is 0 Å². The van der Waals surface area contributed by atoms with Crippen LogP contribution in [-0.4, -0.2) is 48.4 Å². The fourth-order valence-electron chi connectivity index (χ4n) is 3.12. The van der Waals surface area contributed by atoms with Gasteiger partial charge in [0.2, 0.25) is 5.91 Å². The average molecular weight is 304 g/mol. The molecule has 3 heterocycles. The molecule has 2 saturated heterocycles. The van der Waals surface area contributed by atoms with E-state index in [2.05, 4.69) is 20.4 Å². The van der Waals surface area contributed by atoms with E-state index in [-0.39, 0.29) is 17.9 Å². The Hall–Kier alpha value is -1.69. The summed E-state index contributed by atoms with van der Waals surface area (Å²) in [6, 6.07) is 3.94. The third kappa shape index (κ3) is 3.74. The van der Waals surface area contributed by atoms with Gasteiger partial charge in [-0.3, -0.25) is 4.79 Å². The molecule has 1 aromatic rings. The Morgan fingerprint density at radius 1 is 1.36 bits per heavy atom. The van der Waals surface area contributed by atoms with E-state index in [9.17, 15) is 4.79 Å². The lowest BCUT2D eigenvalue weighted by molar-refractivity contribution is -0.125. The van der Waals surface area contributed by atoms with Gasteiger partial charge in [-0.25, -0.2) is 0 Å². The molecule has 6 nitrogen and oxygen atoms in total. The van der Waals surface area contributed by atoms with Crippen molar-refractivity contribution in [2.24, 2.45) is 5.92 Å². The molecule has 1 aromatic heterocycles. The van der Waals surface area contributed by atoms with Gasteiger partial charge in [-0.05, 0) is 44.7 Å². The molecule has 2 atom stereocenters. The van der Waals surface area contributed by atoms with Gasteiger partial charge in [0.15, 0.2) is 5.82 Å². The molecule has 0 aromatic carbocycles. The van der Waals surface area contributed by atoms with Gasteiger partial charge in [-0.15, -0.1) is 5.10 Å². The summed E-state index contributed by atoms with van der Waals surface area (Å²) in [5, 5.41) is 11.4. The summed E-state index contributed by atoms with van der Waals surface area (Å²) in [4.78, 5) is 14.5. The molecule has 6 heteroatoms. The van der Waals surface area contributed by atoms with Crippen molar-refractivity contribution in [3.05, 3.63) is 17.8 Å². The van der Waals surface area contributed by atoms with E-state index in [1.54, 1.807) is 0 Å². The van der Waals surface area contributed by atoms with Crippen LogP contribution >= 0.6 is 0 Å². The van der Waals surface area contributed by atoms with Crippen molar-refractivity contribution in [2.75, 3.05) is 31.1 Å². The van der Waals surface area contributed by atoms with Crippen LogP contribution in [-0.2, 0) is 9.53 Å². The summed E-state index contributed by atoms with van der Waals surface area (Å²) in [5.41, 5.74) is 0.909. The second kappa shape index (κ2) is 7.05. The van der Waals surface area contributed by atoms with Gasteiger partial charge in [0.05, 0.1) is 17.7 Å². The van der Waals surface area contributed by atoms with Gasteiger partial charge in [0, 0.05) is 26.2 Å². The van der Waals surface area contributed by atoms with Crippen LogP contribution in [0, 0.1) is 12.8 Å². The molecule has 2 fully saturated rings. The summed E-state index contributed by atoms with van der Waals surface area (Å²) in [6.07, 6.45) is 4.30. The Kier molecular flexibility index (Phi) is 4.87. The minimum atomic E-state index is 0.0262. The van der Waals surface area contributed by atoms with Crippen LogP contribution in [0.4, 0.5) is 5.82 Å². The smallest absolute Gasteiger partial charge is 0.224 e. The van der Waals surface area contributed by atoms with Crippen LogP contribution in [0.15, 0.2) is 12.1 Å². The van der Waals surface area contributed by atoms with Gasteiger partial charge in [-0.2, -0.15) is 5.10 Å². The lowest BCUT2D eigenvalue weighted by Gasteiger charge is -2.32. The molecule has 1 N–H and O–H groups in total. The molecule has 1 amide bonds. The molecule has 0 aliphatic carbocycles. The van der Waals surface area contributed by atoms with Gasteiger partial charge in [0.25, 0.3) is 0 Å². The maximum atomic E-state index is 12.4. The normalized spacial score (nSPS) is 25.2. The fourth-order valence-corrected chi connectivity index (χ4v) is 3.12. The highest BCUT2D eigenvalue weighted by atomic mass is 16.5. The van der Waals surface area contributed by atoms with Crippen molar-refractivity contribution in [3.8, 4) is 0 Å². The first-order valence-corrected chi connectivity index (χ1v) is 8.17. The zero-order chi connectivity index (χ0) is 15.4. The molecule has 0 saturated carbocycles. The van der Waals surface area contributed by atoms with Crippen LogP contribution in [0.3, 0.4) is 0 Å². The van der Waals surface area contributed by atoms with Crippen LogP contribution in [0.1, 0.15) is 31.4 Å². The topological polar surface area (TPSA) is 67.4 Å². The molecule has 0 bridgehead atoms. The SMILES string of the molecule is Cc1ccc(N2CCCC(C(=O)NCC3CCCO3)C2)nn1. The number of anilines is 1. The Labute approximate surface area is 131 Å². The Balaban J connectivity index is 1.53. The Bertz CT molecular complexity index is 499. The van der Waals surface area contributed by atoms with E-state index in [4.69, 9.17) is 4.74 Å². The van der Waals surface area contributed by atoms with Crippen molar-refractivity contribution in [1.29, 1.82) is 0 Å². The number of amides is 1. The third-order valence-electron chi connectivity index (χ3n) is 4.43. The fraction of sp³-hybridized carbons (Fsp3) is 0.688. The average Bonchev–Trinajstić information content (AvgIpc) is 3.07. The van der Waals surface area contributed by atoms with Crippen molar-refractivity contribution in [2.45, 2.75) is 38.7 Å². The highest BCUT2D eigenvalue weighted by molar-refractivity contribution is 5.79. The lowest BCUT2D eigenvalue weighted by atomic mass is 9.97. The number of ether oxygens (including phenoxy) is 1. The zero-order valence-electron chi connectivity index (χ0n) is 13.1. The van der Waals surface area contributed by atoms with Crippen molar-refractivity contribution in [3.63, 3.8) is 0 Å². The van der Waals surface area contributed by atoms with Crippen LogP contribution in [0.5, 0.6) is 0 Å². The number of piperidine rings is 1. The van der Waals surface area contributed by atoms with Crippen LogP contribution in [0.2, 0.25) is 0 Å². The third-order valence-corrected chi connectivity index (χ3v) is 4.43. The Morgan fingerprint density at radius 2 is 2.27 bits per heavy atom. The largest absolute Gasteiger partial charge is 0.376 e. The summed E-state index contributed by atoms with van der Waals surface area (Å²) in [5.74, 6) is 1.03.